The summed E-state index contributed by atoms with van der Waals surface area (Å²) in [6.45, 7) is 0. The number of benzene rings is 2. The van der Waals surface area contributed by atoms with Crippen molar-refractivity contribution in [3.8, 4) is 0 Å². The predicted molar refractivity (Wildman–Crippen MR) is 98.7 cm³/mol. The lowest BCUT2D eigenvalue weighted by Gasteiger charge is -2.40. The second kappa shape index (κ2) is 8.31. The van der Waals surface area contributed by atoms with E-state index in [2.05, 4.69) is 72.6 Å². The highest BCUT2D eigenvalue weighted by Crippen LogP contribution is 2.27. The van der Waals surface area contributed by atoms with Gasteiger partial charge in [-0.15, -0.1) is 0 Å². The zero-order valence-corrected chi connectivity index (χ0v) is 14.3. The Bertz CT molecular complexity index is 563. The number of aryl methyl sites for hydroxylation is 1. The molecule has 23 heavy (non-hydrogen) atoms. The maximum atomic E-state index is 2.67. The Morgan fingerprint density at radius 1 is 0.826 bits per heavy atom. The fourth-order valence-corrected chi connectivity index (χ4v) is 3.96. The molecule has 0 bridgehead atoms. The van der Waals surface area contributed by atoms with Gasteiger partial charge in [0.2, 0.25) is 0 Å². The SMILES string of the molecule is CN1[C@@H](CCCc2ccccc2)CCC[C@H]1Cc1ccccc1. The first-order chi connectivity index (χ1) is 11.3. The molecule has 0 aromatic heterocycles. The van der Waals surface area contributed by atoms with Crippen molar-refractivity contribution in [2.75, 3.05) is 7.05 Å². The smallest absolute Gasteiger partial charge is 0.0136 e. The van der Waals surface area contributed by atoms with Gasteiger partial charge in [-0.2, -0.15) is 0 Å². The van der Waals surface area contributed by atoms with Crippen LogP contribution in [0.5, 0.6) is 0 Å². The summed E-state index contributed by atoms with van der Waals surface area (Å²) in [4.78, 5) is 2.67. The van der Waals surface area contributed by atoms with Gasteiger partial charge in [0.25, 0.3) is 0 Å². The molecule has 3 rings (SSSR count). The van der Waals surface area contributed by atoms with Crippen molar-refractivity contribution < 1.29 is 0 Å². The van der Waals surface area contributed by atoms with E-state index >= 15 is 0 Å². The van der Waals surface area contributed by atoms with E-state index in [0.717, 1.165) is 6.04 Å². The Kier molecular flexibility index (Phi) is 5.87. The summed E-state index contributed by atoms with van der Waals surface area (Å²) < 4.78 is 0. The Hall–Kier alpha value is -1.60. The van der Waals surface area contributed by atoms with Crippen molar-refractivity contribution in [1.82, 2.24) is 4.90 Å². The normalized spacial score (nSPS) is 22.1. The summed E-state index contributed by atoms with van der Waals surface area (Å²) in [5, 5.41) is 0. The topological polar surface area (TPSA) is 3.24 Å². The summed E-state index contributed by atoms with van der Waals surface area (Å²) in [6.07, 6.45) is 9.16. The van der Waals surface area contributed by atoms with Crippen molar-refractivity contribution in [1.29, 1.82) is 0 Å². The molecule has 1 nitrogen and oxygen atoms in total. The zero-order chi connectivity index (χ0) is 15.9. The van der Waals surface area contributed by atoms with Crippen molar-refractivity contribution in [2.45, 2.75) is 57.0 Å². The van der Waals surface area contributed by atoms with Crippen molar-refractivity contribution in [3.63, 3.8) is 0 Å². The van der Waals surface area contributed by atoms with E-state index in [-0.39, 0.29) is 0 Å². The van der Waals surface area contributed by atoms with Crippen LogP contribution in [-0.4, -0.2) is 24.0 Å². The van der Waals surface area contributed by atoms with E-state index in [4.69, 9.17) is 0 Å². The highest BCUT2D eigenvalue weighted by Gasteiger charge is 2.26. The van der Waals surface area contributed by atoms with Gasteiger partial charge in [0, 0.05) is 12.1 Å². The lowest BCUT2D eigenvalue weighted by Crippen LogP contribution is -2.44. The van der Waals surface area contributed by atoms with Gasteiger partial charge >= 0.3 is 0 Å². The minimum absolute atomic E-state index is 0.716. The van der Waals surface area contributed by atoms with Gasteiger partial charge < -0.3 is 4.90 Å². The van der Waals surface area contributed by atoms with Gasteiger partial charge in [-0.3, -0.25) is 0 Å². The minimum atomic E-state index is 0.716. The average molecular weight is 307 g/mol. The van der Waals surface area contributed by atoms with Crippen LogP contribution in [0.2, 0.25) is 0 Å². The molecule has 0 radical (unpaired) electrons. The molecule has 0 N–H and O–H groups in total. The third-order valence-electron chi connectivity index (χ3n) is 5.39. The standard InChI is InChI=1S/C22H29N/c1-23-21(15-8-14-19-10-4-2-5-11-19)16-9-17-22(23)18-20-12-6-3-7-13-20/h2-7,10-13,21-22H,8-9,14-18H2,1H3/t21-,22-/m0/s1. The van der Waals surface area contributed by atoms with Crippen LogP contribution >= 0.6 is 0 Å². The maximum absolute atomic E-state index is 2.67. The van der Waals surface area contributed by atoms with Crippen LogP contribution in [0.3, 0.4) is 0 Å². The summed E-state index contributed by atoms with van der Waals surface area (Å²) in [6, 6.07) is 23.4. The number of hydrogen-bond donors (Lipinski definition) is 0. The van der Waals surface area contributed by atoms with E-state index in [1.807, 2.05) is 0 Å². The molecule has 2 aromatic rings. The van der Waals surface area contributed by atoms with Gasteiger partial charge in [-0.05, 0) is 56.7 Å². The minimum Gasteiger partial charge on any atom is -0.300 e. The van der Waals surface area contributed by atoms with Gasteiger partial charge in [-0.25, -0.2) is 0 Å². The van der Waals surface area contributed by atoms with Crippen LogP contribution in [0.4, 0.5) is 0 Å². The molecule has 1 heterocycles. The molecule has 0 aliphatic carbocycles. The first kappa shape index (κ1) is 16.3. The van der Waals surface area contributed by atoms with E-state index in [9.17, 15) is 0 Å². The number of piperidine rings is 1. The summed E-state index contributed by atoms with van der Waals surface area (Å²) in [5.41, 5.74) is 2.96. The van der Waals surface area contributed by atoms with Gasteiger partial charge in [-0.1, -0.05) is 67.1 Å². The van der Waals surface area contributed by atoms with Gasteiger partial charge in [0.1, 0.15) is 0 Å². The molecule has 0 amide bonds. The van der Waals surface area contributed by atoms with E-state index in [0.29, 0.717) is 6.04 Å². The fraction of sp³-hybridized carbons (Fsp3) is 0.455. The third kappa shape index (κ3) is 4.68. The number of nitrogens with zero attached hydrogens (tertiary/aromatic N) is 1. The molecule has 122 valence electrons. The maximum Gasteiger partial charge on any atom is 0.0136 e. The Balaban J connectivity index is 1.50. The fourth-order valence-electron chi connectivity index (χ4n) is 3.96. The molecular formula is C22H29N. The molecule has 0 spiro atoms. The average Bonchev–Trinajstić information content (AvgIpc) is 2.60. The number of hydrogen-bond acceptors (Lipinski definition) is 1. The van der Waals surface area contributed by atoms with Crippen LogP contribution in [0, 0.1) is 0 Å². The molecule has 2 aromatic carbocycles. The van der Waals surface area contributed by atoms with Gasteiger partial charge in [0.15, 0.2) is 0 Å². The number of rotatable bonds is 6. The highest BCUT2D eigenvalue weighted by atomic mass is 15.2. The Morgan fingerprint density at radius 2 is 1.43 bits per heavy atom. The lowest BCUT2D eigenvalue weighted by atomic mass is 9.89. The number of likely N-dealkylation sites (N-methyl/N-ethyl adjacent to an activating group) is 1. The van der Waals surface area contributed by atoms with Crippen LogP contribution in [0.1, 0.15) is 43.2 Å². The molecule has 1 heteroatoms. The number of likely N-dealkylation sites (tertiary alicyclic amines) is 1. The molecule has 0 saturated carbocycles. The first-order valence-corrected chi connectivity index (χ1v) is 9.13. The molecule has 1 aliphatic heterocycles. The summed E-state index contributed by atoms with van der Waals surface area (Å²) in [5.74, 6) is 0. The second-order valence-corrected chi connectivity index (χ2v) is 6.97. The van der Waals surface area contributed by atoms with Gasteiger partial charge in [0.05, 0.1) is 0 Å². The molecule has 0 unspecified atom stereocenters. The van der Waals surface area contributed by atoms with E-state index in [1.165, 1.54) is 56.1 Å². The predicted octanol–water partition coefficient (Wildman–Crippen LogP) is 5.10. The monoisotopic (exact) mass is 307 g/mol. The summed E-state index contributed by atoms with van der Waals surface area (Å²) in [7, 11) is 2.35. The van der Waals surface area contributed by atoms with Crippen molar-refractivity contribution in [2.24, 2.45) is 0 Å². The lowest BCUT2D eigenvalue weighted by molar-refractivity contribution is 0.106. The summed E-state index contributed by atoms with van der Waals surface area (Å²) >= 11 is 0. The molecular weight excluding hydrogens is 278 g/mol. The largest absolute Gasteiger partial charge is 0.300 e. The van der Waals surface area contributed by atoms with Crippen LogP contribution in [0.25, 0.3) is 0 Å². The van der Waals surface area contributed by atoms with Crippen LogP contribution < -0.4 is 0 Å². The van der Waals surface area contributed by atoms with Crippen molar-refractivity contribution in [3.05, 3.63) is 71.8 Å². The van der Waals surface area contributed by atoms with Crippen LogP contribution in [0.15, 0.2) is 60.7 Å². The highest BCUT2D eigenvalue weighted by molar-refractivity contribution is 5.16. The zero-order valence-electron chi connectivity index (χ0n) is 14.3. The van der Waals surface area contributed by atoms with E-state index in [1.54, 1.807) is 0 Å². The quantitative estimate of drug-likeness (QED) is 0.717. The molecule has 2 atom stereocenters. The Morgan fingerprint density at radius 3 is 2.13 bits per heavy atom. The first-order valence-electron chi connectivity index (χ1n) is 9.13. The Labute approximate surface area is 141 Å². The molecule has 1 aliphatic rings. The third-order valence-corrected chi connectivity index (χ3v) is 5.39. The van der Waals surface area contributed by atoms with E-state index < -0.39 is 0 Å². The molecule has 1 saturated heterocycles. The van der Waals surface area contributed by atoms with Crippen LogP contribution in [-0.2, 0) is 12.8 Å². The van der Waals surface area contributed by atoms with Crippen molar-refractivity contribution >= 4 is 0 Å². The second-order valence-electron chi connectivity index (χ2n) is 6.97. The molecule has 1 fully saturated rings.